The molecule has 1 heterocycles. The molecule has 1 fully saturated rings. The summed E-state index contributed by atoms with van der Waals surface area (Å²) in [6, 6.07) is 2.62. The molecule has 0 aliphatic carbocycles. The number of rotatable bonds is 1. The zero-order chi connectivity index (χ0) is 16.3. The van der Waals surface area contributed by atoms with E-state index in [1.54, 1.807) is 0 Å². The number of nitrogens with zero attached hydrogens (tertiary/aromatic N) is 1. The van der Waals surface area contributed by atoms with E-state index in [0.29, 0.717) is 12.8 Å². The van der Waals surface area contributed by atoms with Crippen molar-refractivity contribution in [3.05, 3.63) is 29.8 Å². The van der Waals surface area contributed by atoms with Crippen molar-refractivity contribution in [2.24, 2.45) is 5.73 Å². The van der Waals surface area contributed by atoms with Gasteiger partial charge in [-0.3, -0.25) is 9.69 Å². The second kappa shape index (κ2) is 6.35. The van der Waals surface area contributed by atoms with Crippen molar-refractivity contribution in [2.45, 2.75) is 31.5 Å². The number of anilines is 1. The molecule has 0 saturated carbocycles. The number of carbonyl (C=O) groups excluding carboxylic acids is 2. The lowest BCUT2D eigenvalue weighted by Gasteiger charge is -2.21. The molecular formula is C14H16F3N3O2. The molecule has 3 N–H and O–H groups in total. The van der Waals surface area contributed by atoms with Crippen molar-refractivity contribution in [2.75, 3.05) is 11.9 Å². The highest BCUT2D eigenvalue weighted by molar-refractivity contribution is 6.03. The zero-order valence-electron chi connectivity index (χ0n) is 11.7. The smallest absolute Gasteiger partial charge is 0.320 e. The van der Waals surface area contributed by atoms with Crippen LogP contribution in [0.5, 0.6) is 0 Å². The summed E-state index contributed by atoms with van der Waals surface area (Å²) < 4.78 is 37.4. The molecule has 1 saturated heterocycles. The molecule has 0 bridgehead atoms. The SMILES string of the molecule is N[C@@H]1CCCCN(C(=O)Nc2ccc(C(F)(F)F)cc2)C1=O. The lowest BCUT2D eigenvalue weighted by Crippen LogP contribution is -2.47. The van der Waals surface area contributed by atoms with Crippen LogP contribution in [0.15, 0.2) is 24.3 Å². The van der Waals surface area contributed by atoms with Gasteiger partial charge in [0.05, 0.1) is 11.6 Å². The van der Waals surface area contributed by atoms with E-state index in [9.17, 15) is 22.8 Å². The summed E-state index contributed by atoms with van der Waals surface area (Å²) in [4.78, 5) is 25.0. The highest BCUT2D eigenvalue weighted by Gasteiger charge is 2.31. The average Bonchev–Trinajstić information content (AvgIpc) is 2.61. The predicted octanol–water partition coefficient (Wildman–Crippen LogP) is 2.58. The number of imide groups is 1. The molecule has 0 aromatic heterocycles. The summed E-state index contributed by atoms with van der Waals surface area (Å²) in [6.07, 6.45) is -2.52. The van der Waals surface area contributed by atoms with E-state index in [1.165, 1.54) is 0 Å². The Kier molecular flexibility index (Phi) is 4.70. The molecule has 1 aliphatic rings. The van der Waals surface area contributed by atoms with Crippen molar-refractivity contribution >= 4 is 17.6 Å². The molecular weight excluding hydrogens is 299 g/mol. The molecule has 8 heteroatoms. The molecule has 1 aromatic rings. The topological polar surface area (TPSA) is 75.4 Å². The Morgan fingerprint density at radius 3 is 2.45 bits per heavy atom. The van der Waals surface area contributed by atoms with Gasteiger partial charge >= 0.3 is 12.2 Å². The first kappa shape index (κ1) is 16.3. The van der Waals surface area contributed by atoms with Crippen LogP contribution in [0.25, 0.3) is 0 Å². The Hall–Kier alpha value is -2.09. The molecule has 3 amide bonds. The molecule has 22 heavy (non-hydrogen) atoms. The molecule has 0 spiro atoms. The van der Waals surface area contributed by atoms with E-state index in [-0.39, 0.29) is 12.2 Å². The highest BCUT2D eigenvalue weighted by atomic mass is 19.4. The Bertz CT molecular complexity index is 557. The van der Waals surface area contributed by atoms with E-state index in [1.807, 2.05) is 0 Å². The largest absolute Gasteiger partial charge is 0.416 e. The molecule has 1 atom stereocenters. The van der Waals surface area contributed by atoms with Crippen LogP contribution in [0.2, 0.25) is 0 Å². The lowest BCUT2D eigenvalue weighted by atomic mass is 10.1. The number of hydrogen-bond acceptors (Lipinski definition) is 3. The van der Waals surface area contributed by atoms with Gasteiger partial charge in [-0.15, -0.1) is 0 Å². The number of halogens is 3. The van der Waals surface area contributed by atoms with E-state index >= 15 is 0 Å². The Morgan fingerprint density at radius 2 is 1.86 bits per heavy atom. The van der Waals surface area contributed by atoms with E-state index in [0.717, 1.165) is 35.6 Å². The summed E-state index contributed by atoms with van der Waals surface area (Å²) in [5.41, 5.74) is 5.05. The first-order valence-electron chi connectivity index (χ1n) is 6.84. The van der Waals surface area contributed by atoms with Crippen molar-refractivity contribution < 1.29 is 22.8 Å². The number of benzene rings is 1. The van der Waals surface area contributed by atoms with Crippen LogP contribution in [0, 0.1) is 0 Å². The third kappa shape index (κ3) is 3.76. The van der Waals surface area contributed by atoms with Gasteiger partial charge in [0, 0.05) is 12.2 Å². The molecule has 0 radical (unpaired) electrons. The van der Waals surface area contributed by atoms with Crippen LogP contribution in [-0.4, -0.2) is 29.4 Å². The normalized spacial score (nSPS) is 19.7. The summed E-state index contributed by atoms with van der Waals surface area (Å²) in [5, 5.41) is 2.41. The van der Waals surface area contributed by atoms with Crippen LogP contribution in [0.1, 0.15) is 24.8 Å². The predicted molar refractivity (Wildman–Crippen MR) is 74.0 cm³/mol. The van der Waals surface area contributed by atoms with Gasteiger partial charge < -0.3 is 11.1 Å². The third-order valence-corrected chi connectivity index (χ3v) is 3.44. The Balaban J connectivity index is 2.06. The second-order valence-electron chi connectivity index (χ2n) is 5.10. The maximum Gasteiger partial charge on any atom is 0.416 e. The summed E-state index contributed by atoms with van der Waals surface area (Å²) in [5.74, 6) is -0.470. The molecule has 2 rings (SSSR count). The number of hydrogen-bond donors (Lipinski definition) is 2. The van der Waals surface area contributed by atoms with Crippen molar-refractivity contribution in [3.63, 3.8) is 0 Å². The van der Waals surface area contributed by atoms with Crippen molar-refractivity contribution in [1.82, 2.24) is 4.90 Å². The Labute approximate surface area is 125 Å². The van der Waals surface area contributed by atoms with Gasteiger partial charge in [0.2, 0.25) is 5.91 Å². The molecule has 120 valence electrons. The fourth-order valence-electron chi connectivity index (χ4n) is 2.20. The first-order chi connectivity index (χ1) is 10.3. The monoisotopic (exact) mass is 315 g/mol. The van der Waals surface area contributed by atoms with Crippen LogP contribution in [0.4, 0.5) is 23.7 Å². The minimum Gasteiger partial charge on any atom is -0.320 e. The number of carbonyl (C=O) groups is 2. The van der Waals surface area contributed by atoms with Crippen molar-refractivity contribution in [3.8, 4) is 0 Å². The van der Waals surface area contributed by atoms with E-state index in [2.05, 4.69) is 5.32 Å². The molecule has 1 aliphatic heterocycles. The number of urea groups is 1. The number of nitrogens with two attached hydrogens (primary N) is 1. The second-order valence-corrected chi connectivity index (χ2v) is 5.10. The molecule has 0 unspecified atom stereocenters. The number of nitrogens with one attached hydrogen (secondary N) is 1. The highest BCUT2D eigenvalue weighted by Crippen LogP contribution is 2.29. The fourth-order valence-corrected chi connectivity index (χ4v) is 2.20. The van der Waals surface area contributed by atoms with Crippen LogP contribution in [-0.2, 0) is 11.0 Å². The summed E-state index contributed by atoms with van der Waals surface area (Å²) in [6.45, 7) is 0.249. The van der Waals surface area contributed by atoms with E-state index < -0.39 is 29.7 Å². The van der Waals surface area contributed by atoms with Gasteiger partial charge in [-0.25, -0.2) is 4.79 Å². The van der Waals surface area contributed by atoms with Gasteiger partial charge in [0.15, 0.2) is 0 Å². The minimum atomic E-state index is -4.43. The Morgan fingerprint density at radius 1 is 1.23 bits per heavy atom. The van der Waals surface area contributed by atoms with Gasteiger partial charge in [-0.1, -0.05) is 0 Å². The standard InChI is InChI=1S/C14H16F3N3O2/c15-14(16,17)9-4-6-10(7-5-9)19-13(22)20-8-2-1-3-11(18)12(20)21/h4-7,11H,1-3,8,18H2,(H,19,22)/t11-/m1/s1. The van der Waals surface area contributed by atoms with Crippen LogP contribution < -0.4 is 11.1 Å². The summed E-state index contributed by atoms with van der Waals surface area (Å²) in [7, 11) is 0. The van der Waals surface area contributed by atoms with E-state index in [4.69, 9.17) is 5.73 Å². The number of alkyl halides is 3. The van der Waals surface area contributed by atoms with Crippen molar-refractivity contribution in [1.29, 1.82) is 0 Å². The lowest BCUT2D eigenvalue weighted by molar-refractivity contribution is -0.137. The van der Waals surface area contributed by atoms with Gasteiger partial charge in [-0.05, 0) is 43.5 Å². The number of likely N-dealkylation sites (tertiary alicyclic amines) is 1. The van der Waals surface area contributed by atoms with Crippen LogP contribution >= 0.6 is 0 Å². The first-order valence-corrected chi connectivity index (χ1v) is 6.84. The zero-order valence-corrected chi connectivity index (χ0v) is 11.7. The minimum absolute atomic E-state index is 0.184. The van der Waals surface area contributed by atoms with Gasteiger partial charge in [0.25, 0.3) is 0 Å². The molecule has 5 nitrogen and oxygen atoms in total. The van der Waals surface area contributed by atoms with Gasteiger partial charge in [-0.2, -0.15) is 13.2 Å². The molecule has 1 aromatic carbocycles. The fraction of sp³-hybridized carbons (Fsp3) is 0.429. The maximum atomic E-state index is 12.5. The van der Waals surface area contributed by atoms with Gasteiger partial charge in [0.1, 0.15) is 0 Å². The maximum absolute atomic E-state index is 12.5. The number of amides is 3. The summed E-state index contributed by atoms with van der Waals surface area (Å²) >= 11 is 0. The van der Waals surface area contributed by atoms with Crippen LogP contribution in [0.3, 0.4) is 0 Å². The quantitative estimate of drug-likeness (QED) is 0.836. The average molecular weight is 315 g/mol. The third-order valence-electron chi connectivity index (χ3n) is 3.44.